The second kappa shape index (κ2) is 10.4. The summed E-state index contributed by atoms with van der Waals surface area (Å²) in [6, 6.07) is 18.2. The van der Waals surface area contributed by atoms with Gasteiger partial charge in [-0.25, -0.2) is 9.37 Å². The fourth-order valence-electron chi connectivity index (χ4n) is 4.20. The standard InChI is InChI=1S/C26H25FN4O3/c1-31(23-9-5-6-12-28-23)26(34)22(13-17-7-3-2-4-8-17)29-15-18(16-32)24-20-11-10-19(27)14-21(20)30-25(24)33/h2-12,14,16,18,22,24,29H,13,15H2,1H3,(H,30,33)/t18?,22-,24?/m0/s1. The Morgan fingerprint density at radius 3 is 2.65 bits per heavy atom. The molecule has 2 heterocycles. The van der Waals surface area contributed by atoms with Crippen LogP contribution in [0.4, 0.5) is 15.9 Å². The van der Waals surface area contributed by atoms with E-state index in [4.69, 9.17) is 0 Å². The van der Waals surface area contributed by atoms with E-state index in [1.165, 1.54) is 23.1 Å². The second-order valence-electron chi connectivity index (χ2n) is 8.23. The van der Waals surface area contributed by atoms with E-state index in [2.05, 4.69) is 15.6 Å². The average molecular weight is 461 g/mol. The molecule has 34 heavy (non-hydrogen) atoms. The van der Waals surface area contributed by atoms with Crippen molar-refractivity contribution in [2.75, 3.05) is 23.8 Å². The summed E-state index contributed by atoms with van der Waals surface area (Å²) in [7, 11) is 1.65. The SMILES string of the molecule is CN(C(=O)[C@H](Cc1ccccc1)NCC(C=O)C1C(=O)Nc2cc(F)ccc21)c1ccccn1. The molecule has 7 nitrogen and oxygen atoms in total. The molecule has 0 radical (unpaired) electrons. The van der Waals surface area contributed by atoms with Gasteiger partial charge in [0.2, 0.25) is 11.8 Å². The quantitative estimate of drug-likeness (QED) is 0.479. The molecule has 8 heteroatoms. The maximum atomic E-state index is 13.6. The lowest BCUT2D eigenvalue weighted by Gasteiger charge is -2.26. The number of amides is 2. The number of nitrogens with one attached hydrogen (secondary N) is 2. The third-order valence-corrected chi connectivity index (χ3v) is 6.00. The molecule has 2 aromatic carbocycles. The molecule has 174 valence electrons. The second-order valence-corrected chi connectivity index (χ2v) is 8.23. The minimum atomic E-state index is -0.762. The van der Waals surface area contributed by atoms with Crippen LogP contribution in [0, 0.1) is 11.7 Å². The van der Waals surface area contributed by atoms with Crippen molar-refractivity contribution in [3.05, 3.63) is 89.9 Å². The largest absolute Gasteiger partial charge is 0.325 e. The van der Waals surface area contributed by atoms with E-state index in [9.17, 15) is 18.8 Å². The molecule has 1 aliphatic rings. The van der Waals surface area contributed by atoms with Crippen molar-refractivity contribution in [2.24, 2.45) is 5.92 Å². The van der Waals surface area contributed by atoms with Gasteiger partial charge in [-0.1, -0.05) is 42.5 Å². The van der Waals surface area contributed by atoms with Crippen molar-refractivity contribution in [2.45, 2.75) is 18.4 Å². The van der Waals surface area contributed by atoms with E-state index in [1.54, 1.807) is 31.4 Å². The number of aldehydes is 1. The number of anilines is 2. The van der Waals surface area contributed by atoms with Gasteiger partial charge in [-0.15, -0.1) is 0 Å². The van der Waals surface area contributed by atoms with Crippen LogP contribution >= 0.6 is 0 Å². The number of rotatable bonds is 9. The van der Waals surface area contributed by atoms with Crippen molar-refractivity contribution >= 4 is 29.6 Å². The summed E-state index contributed by atoms with van der Waals surface area (Å²) in [5.74, 6) is -2.04. The lowest BCUT2D eigenvalue weighted by molar-refractivity contribution is -0.122. The van der Waals surface area contributed by atoms with Gasteiger partial charge in [0.15, 0.2) is 0 Å². The summed E-state index contributed by atoms with van der Waals surface area (Å²) in [5.41, 5.74) is 1.89. The number of halogens is 1. The Morgan fingerprint density at radius 1 is 1.18 bits per heavy atom. The van der Waals surface area contributed by atoms with Gasteiger partial charge in [-0.05, 0) is 41.8 Å². The molecular formula is C26H25FN4O3. The molecule has 0 saturated heterocycles. The van der Waals surface area contributed by atoms with E-state index in [1.807, 2.05) is 30.3 Å². The van der Waals surface area contributed by atoms with Gasteiger partial charge in [-0.2, -0.15) is 0 Å². The molecule has 2 unspecified atom stereocenters. The van der Waals surface area contributed by atoms with E-state index >= 15 is 0 Å². The first-order valence-electron chi connectivity index (χ1n) is 11.0. The zero-order chi connectivity index (χ0) is 24.1. The Bertz CT molecular complexity index is 1170. The average Bonchev–Trinajstić information content (AvgIpc) is 3.18. The van der Waals surface area contributed by atoms with Crippen LogP contribution in [-0.2, 0) is 20.8 Å². The molecule has 2 amide bonds. The number of carbonyl (C=O) groups is 3. The third-order valence-electron chi connectivity index (χ3n) is 6.00. The Labute approximate surface area is 197 Å². The molecule has 3 atom stereocenters. The molecule has 3 aromatic rings. The number of hydrogen-bond acceptors (Lipinski definition) is 5. The van der Waals surface area contributed by atoms with Gasteiger partial charge in [0.05, 0.1) is 12.0 Å². The Hall–Kier alpha value is -3.91. The highest BCUT2D eigenvalue weighted by molar-refractivity contribution is 6.04. The summed E-state index contributed by atoms with van der Waals surface area (Å²) < 4.78 is 13.6. The van der Waals surface area contributed by atoms with E-state index in [-0.39, 0.29) is 18.4 Å². The van der Waals surface area contributed by atoms with Crippen molar-refractivity contribution in [1.82, 2.24) is 10.3 Å². The fourth-order valence-corrected chi connectivity index (χ4v) is 4.20. The van der Waals surface area contributed by atoms with Crippen molar-refractivity contribution in [3.8, 4) is 0 Å². The van der Waals surface area contributed by atoms with Gasteiger partial charge in [0.25, 0.3) is 0 Å². The number of pyridine rings is 1. The van der Waals surface area contributed by atoms with E-state index in [0.717, 1.165) is 5.56 Å². The molecule has 0 spiro atoms. The normalized spacial score (nSPS) is 16.3. The summed E-state index contributed by atoms with van der Waals surface area (Å²) in [4.78, 5) is 43.7. The highest BCUT2D eigenvalue weighted by atomic mass is 19.1. The molecular weight excluding hydrogens is 435 g/mol. The Balaban J connectivity index is 1.54. The van der Waals surface area contributed by atoms with Crippen LogP contribution in [0.15, 0.2) is 72.9 Å². The highest BCUT2D eigenvalue weighted by Crippen LogP contribution is 2.37. The lowest BCUT2D eigenvalue weighted by atomic mass is 9.87. The van der Waals surface area contributed by atoms with Gasteiger partial charge in [-0.3, -0.25) is 14.5 Å². The third kappa shape index (κ3) is 5.02. The van der Waals surface area contributed by atoms with Gasteiger partial charge in [0, 0.05) is 31.4 Å². The number of hydrogen-bond donors (Lipinski definition) is 2. The Kier molecular flexibility index (Phi) is 7.08. The summed E-state index contributed by atoms with van der Waals surface area (Å²) in [6.45, 7) is 0.0949. The van der Waals surface area contributed by atoms with Crippen LogP contribution in [0.2, 0.25) is 0 Å². The van der Waals surface area contributed by atoms with Crippen molar-refractivity contribution in [3.63, 3.8) is 0 Å². The molecule has 2 N–H and O–H groups in total. The maximum Gasteiger partial charge on any atom is 0.245 e. The summed E-state index contributed by atoms with van der Waals surface area (Å²) >= 11 is 0. The minimum absolute atomic E-state index is 0.0949. The molecule has 0 fully saturated rings. The molecule has 0 saturated carbocycles. The number of benzene rings is 2. The number of nitrogens with zero attached hydrogens (tertiary/aromatic N) is 2. The fraction of sp³-hybridized carbons (Fsp3) is 0.231. The van der Waals surface area contributed by atoms with Crippen LogP contribution < -0.4 is 15.5 Å². The van der Waals surface area contributed by atoms with Gasteiger partial charge in [0.1, 0.15) is 17.9 Å². The zero-order valence-electron chi connectivity index (χ0n) is 18.6. The topological polar surface area (TPSA) is 91.4 Å². The summed E-state index contributed by atoms with van der Waals surface area (Å²) in [6.07, 6.45) is 2.71. The highest BCUT2D eigenvalue weighted by Gasteiger charge is 2.37. The molecule has 0 bridgehead atoms. The zero-order valence-corrected chi connectivity index (χ0v) is 18.6. The number of carbonyl (C=O) groups excluding carboxylic acids is 3. The molecule has 1 aromatic heterocycles. The van der Waals surface area contributed by atoms with Crippen molar-refractivity contribution in [1.29, 1.82) is 0 Å². The van der Waals surface area contributed by atoms with Crippen LogP contribution in [0.1, 0.15) is 17.0 Å². The van der Waals surface area contributed by atoms with Crippen LogP contribution in [0.3, 0.4) is 0 Å². The lowest BCUT2D eigenvalue weighted by Crippen LogP contribution is -2.49. The molecule has 1 aliphatic heterocycles. The van der Waals surface area contributed by atoms with E-state index in [0.29, 0.717) is 29.8 Å². The first-order chi connectivity index (χ1) is 16.5. The number of fused-ring (bicyclic) bond motifs is 1. The number of likely N-dealkylation sites (N-methyl/N-ethyl adjacent to an activating group) is 1. The maximum absolute atomic E-state index is 13.6. The molecule has 4 rings (SSSR count). The van der Waals surface area contributed by atoms with Crippen LogP contribution in [-0.4, -0.2) is 42.7 Å². The smallest absolute Gasteiger partial charge is 0.245 e. The minimum Gasteiger partial charge on any atom is -0.325 e. The van der Waals surface area contributed by atoms with Gasteiger partial charge < -0.3 is 15.4 Å². The van der Waals surface area contributed by atoms with Crippen LogP contribution in [0.5, 0.6) is 0 Å². The summed E-state index contributed by atoms with van der Waals surface area (Å²) in [5, 5.41) is 5.85. The predicted molar refractivity (Wildman–Crippen MR) is 127 cm³/mol. The first-order valence-corrected chi connectivity index (χ1v) is 11.0. The predicted octanol–water partition coefficient (Wildman–Crippen LogP) is 2.94. The Morgan fingerprint density at radius 2 is 1.94 bits per heavy atom. The first kappa shape index (κ1) is 23.3. The van der Waals surface area contributed by atoms with Crippen LogP contribution in [0.25, 0.3) is 0 Å². The molecule has 0 aliphatic carbocycles. The van der Waals surface area contributed by atoms with E-state index < -0.39 is 23.7 Å². The van der Waals surface area contributed by atoms with Crippen molar-refractivity contribution < 1.29 is 18.8 Å². The monoisotopic (exact) mass is 460 g/mol. The number of aromatic nitrogens is 1. The van der Waals surface area contributed by atoms with Gasteiger partial charge >= 0.3 is 0 Å².